The summed E-state index contributed by atoms with van der Waals surface area (Å²) in [4.78, 5) is 14.7. The summed E-state index contributed by atoms with van der Waals surface area (Å²) in [6, 6.07) is 8.53. The van der Waals surface area contributed by atoms with Crippen molar-refractivity contribution in [3.05, 3.63) is 29.8 Å². The van der Waals surface area contributed by atoms with Gasteiger partial charge in [-0.15, -0.1) is 0 Å². The number of nitrogens with one attached hydrogen (secondary N) is 1. The van der Waals surface area contributed by atoms with E-state index in [1.165, 1.54) is 36.9 Å². The van der Waals surface area contributed by atoms with Gasteiger partial charge in [-0.05, 0) is 62.7 Å². The molecule has 4 rings (SSSR count). The van der Waals surface area contributed by atoms with Gasteiger partial charge in [0.15, 0.2) is 0 Å². The number of carbonyl (C=O) groups is 1. The number of carbonyl (C=O) groups excluding carboxylic acids is 1. The maximum absolute atomic E-state index is 12.7. The maximum atomic E-state index is 12.7. The van der Waals surface area contributed by atoms with Crippen molar-refractivity contribution in [1.82, 2.24) is 5.32 Å². The number of fused-ring (bicyclic) bond motifs is 2. The number of nitrogens with zero attached hydrogens (tertiary/aromatic N) is 1. The molecule has 2 fully saturated rings. The molecule has 1 saturated carbocycles. The molecule has 0 aromatic heterocycles. The molecule has 1 aromatic rings. The highest BCUT2D eigenvalue weighted by atomic mass is 16.2. The standard InChI is InChI=1S/C18H24N2O/c21-17(6-5-14-7-11-19-12-8-14)20-13-18(9-10-18)15-3-1-2-4-16(15)20/h1-4,14,19H,5-13H2. The molecule has 0 atom stereocenters. The minimum absolute atomic E-state index is 0.320. The van der Waals surface area contributed by atoms with Crippen molar-refractivity contribution < 1.29 is 4.79 Å². The Balaban J connectivity index is 1.43. The molecule has 3 nitrogen and oxygen atoms in total. The van der Waals surface area contributed by atoms with Gasteiger partial charge >= 0.3 is 0 Å². The Morgan fingerprint density at radius 1 is 1.24 bits per heavy atom. The fourth-order valence-corrected chi connectivity index (χ4v) is 4.06. The summed E-state index contributed by atoms with van der Waals surface area (Å²) in [6.07, 6.45) is 6.74. The van der Waals surface area contributed by atoms with E-state index in [2.05, 4.69) is 34.5 Å². The predicted molar refractivity (Wildman–Crippen MR) is 84.5 cm³/mol. The zero-order chi connectivity index (χ0) is 14.3. The van der Waals surface area contributed by atoms with Crippen LogP contribution < -0.4 is 10.2 Å². The van der Waals surface area contributed by atoms with Crippen LogP contribution in [0.4, 0.5) is 5.69 Å². The second kappa shape index (κ2) is 5.13. The van der Waals surface area contributed by atoms with Gasteiger partial charge in [0.25, 0.3) is 0 Å². The van der Waals surface area contributed by atoms with E-state index >= 15 is 0 Å². The molecular formula is C18H24N2O. The first-order valence-corrected chi connectivity index (χ1v) is 8.39. The Bertz CT molecular complexity index is 544. The van der Waals surface area contributed by atoms with Crippen LogP contribution in [0, 0.1) is 5.92 Å². The molecule has 0 radical (unpaired) electrons. The third-order valence-electron chi connectivity index (χ3n) is 5.61. The Morgan fingerprint density at radius 2 is 2.00 bits per heavy atom. The van der Waals surface area contributed by atoms with Crippen LogP contribution in [-0.2, 0) is 10.2 Å². The maximum Gasteiger partial charge on any atom is 0.227 e. The van der Waals surface area contributed by atoms with Crippen LogP contribution in [0.25, 0.3) is 0 Å². The molecule has 3 aliphatic rings. The molecule has 21 heavy (non-hydrogen) atoms. The summed E-state index contributed by atoms with van der Waals surface area (Å²) in [5, 5.41) is 3.39. The lowest BCUT2D eigenvalue weighted by molar-refractivity contribution is -0.118. The second-order valence-electron chi connectivity index (χ2n) is 7.01. The van der Waals surface area contributed by atoms with E-state index in [1.807, 2.05) is 0 Å². The summed E-state index contributed by atoms with van der Waals surface area (Å²) in [7, 11) is 0. The van der Waals surface area contributed by atoms with Crippen LogP contribution in [0.1, 0.15) is 44.1 Å². The average Bonchev–Trinajstić information content (AvgIpc) is 3.24. The molecule has 1 aromatic carbocycles. The molecule has 2 aliphatic heterocycles. The summed E-state index contributed by atoms with van der Waals surface area (Å²) in [6.45, 7) is 3.17. The van der Waals surface area contributed by atoms with E-state index < -0.39 is 0 Å². The van der Waals surface area contributed by atoms with E-state index in [9.17, 15) is 4.79 Å². The van der Waals surface area contributed by atoms with Gasteiger partial charge in [0.2, 0.25) is 5.91 Å². The smallest absolute Gasteiger partial charge is 0.227 e. The average molecular weight is 284 g/mol. The van der Waals surface area contributed by atoms with E-state index in [4.69, 9.17) is 0 Å². The first-order valence-electron chi connectivity index (χ1n) is 8.39. The normalized spacial score (nSPS) is 23.3. The van der Waals surface area contributed by atoms with Crippen molar-refractivity contribution in [3.8, 4) is 0 Å². The summed E-state index contributed by atoms with van der Waals surface area (Å²) < 4.78 is 0. The first-order chi connectivity index (χ1) is 10.3. The molecule has 3 heteroatoms. The van der Waals surface area contributed by atoms with Gasteiger partial charge in [-0.25, -0.2) is 0 Å². The third kappa shape index (κ3) is 2.38. The van der Waals surface area contributed by atoms with Crippen LogP contribution in [-0.4, -0.2) is 25.5 Å². The number of amides is 1. The monoisotopic (exact) mass is 284 g/mol. The van der Waals surface area contributed by atoms with Crippen molar-refractivity contribution in [2.24, 2.45) is 5.92 Å². The Morgan fingerprint density at radius 3 is 2.76 bits per heavy atom. The lowest BCUT2D eigenvalue weighted by atomic mass is 9.93. The fraction of sp³-hybridized carbons (Fsp3) is 0.611. The number of piperidine rings is 1. The minimum atomic E-state index is 0.320. The number of benzene rings is 1. The molecule has 1 N–H and O–H groups in total. The Kier molecular flexibility index (Phi) is 3.26. The second-order valence-corrected chi connectivity index (χ2v) is 7.01. The molecule has 112 valence electrons. The number of hydrogen-bond acceptors (Lipinski definition) is 2. The molecule has 1 saturated heterocycles. The van der Waals surface area contributed by atoms with Crippen molar-refractivity contribution in [1.29, 1.82) is 0 Å². The van der Waals surface area contributed by atoms with Crippen molar-refractivity contribution in [2.45, 2.75) is 43.9 Å². The predicted octanol–water partition coefficient (Wildman–Crippen LogP) is 2.84. The fourth-order valence-electron chi connectivity index (χ4n) is 4.06. The number of para-hydroxylation sites is 1. The molecule has 0 bridgehead atoms. The number of rotatable bonds is 3. The highest BCUT2D eigenvalue weighted by Crippen LogP contribution is 2.56. The van der Waals surface area contributed by atoms with Gasteiger partial charge in [-0.3, -0.25) is 4.79 Å². The Hall–Kier alpha value is -1.35. The molecule has 1 amide bonds. The largest absolute Gasteiger partial charge is 0.317 e. The van der Waals surface area contributed by atoms with Gasteiger partial charge in [-0.2, -0.15) is 0 Å². The highest BCUT2D eigenvalue weighted by molar-refractivity contribution is 5.96. The van der Waals surface area contributed by atoms with E-state index in [1.54, 1.807) is 0 Å². The molecule has 1 aliphatic carbocycles. The van der Waals surface area contributed by atoms with Crippen molar-refractivity contribution in [3.63, 3.8) is 0 Å². The third-order valence-corrected chi connectivity index (χ3v) is 5.61. The summed E-state index contributed by atoms with van der Waals surface area (Å²) in [5.41, 5.74) is 2.92. The van der Waals surface area contributed by atoms with Crippen LogP contribution in [0.15, 0.2) is 24.3 Å². The lowest BCUT2D eigenvalue weighted by Gasteiger charge is -2.24. The molecule has 1 spiro atoms. The van der Waals surface area contributed by atoms with Crippen LogP contribution >= 0.6 is 0 Å². The first kappa shape index (κ1) is 13.3. The quantitative estimate of drug-likeness (QED) is 0.925. The van der Waals surface area contributed by atoms with Gasteiger partial charge in [-0.1, -0.05) is 18.2 Å². The van der Waals surface area contributed by atoms with Crippen molar-refractivity contribution >= 4 is 11.6 Å². The topological polar surface area (TPSA) is 32.3 Å². The number of hydrogen-bond donors (Lipinski definition) is 1. The zero-order valence-electron chi connectivity index (χ0n) is 12.6. The molecule has 0 unspecified atom stereocenters. The number of anilines is 1. The van der Waals surface area contributed by atoms with Crippen LogP contribution in [0.2, 0.25) is 0 Å². The minimum Gasteiger partial charge on any atom is -0.317 e. The van der Waals surface area contributed by atoms with Crippen LogP contribution in [0.3, 0.4) is 0 Å². The van der Waals surface area contributed by atoms with Gasteiger partial charge in [0, 0.05) is 24.1 Å². The van der Waals surface area contributed by atoms with Gasteiger partial charge < -0.3 is 10.2 Å². The molecular weight excluding hydrogens is 260 g/mol. The lowest BCUT2D eigenvalue weighted by Crippen LogP contribution is -2.33. The molecule has 2 heterocycles. The van der Waals surface area contributed by atoms with Gasteiger partial charge in [0.1, 0.15) is 0 Å². The van der Waals surface area contributed by atoms with E-state index in [-0.39, 0.29) is 0 Å². The van der Waals surface area contributed by atoms with E-state index in [0.717, 1.165) is 38.4 Å². The van der Waals surface area contributed by atoms with E-state index in [0.29, 0.717) is 11.3 Å². The zero-order valence-corrected chi connectivity index (χ0v) is 12.6. The summed E-state index contributed by atoms with van der Waals surface area (Å²) >= 11 is 0. The highest BCUT2D eigenvalue weighted by Gasteiger charge is 2.52. The summed E-state index contributed by atoms with van der Waals surface area (Å²) in [5.74, 6) is 1.08. The Labute approximate surface area is 126 Å². The SMILES string of the molecule is O=C(CCC1CCNCC1)N1CC2(CC2)c2ccccc21. The van der Waals surface area contributed by atoms with Gasteiger partial charge in [0.05, 0.1) is 0 Å². The van der Waals surface area contributed by atoms with Crippen LogP contribution in [0.5, 0.6) is 0 Å². The van der Waals surface area contributed by atoms with Crippen molar-refractivity contribution in [2.75, 3.05) is 24.5 Å².